The molecule has 0 atom stereocenters. The Balaban J connectivity index is 1.02. The first kappa shape index (κ1) is 45.3. The van der Waals surface area contributed by atoms with E-state index in [0.717, 1.165) is 11.4 Å². The van der Waals surface area contributed by atoms with Gasteiger partial charge in [-0.15, -0.1) is 0 Å². The van der Waals surface area contributed by atoms with E-state index in [0.29, 0.717) is 0 Å². The van der Waals surface area contributed by atoms with Crippen LogP contribution >= 0.6 is 0 Å². The second-order valence-electron chi connectivity index (χ2n) is 19.9. The number of benzene rings is 12. The first-order valence-electron chi connectivity index (χ1n) is 26.3. The maximum atomic E-state index is 2.53. The van der Waals surface area contributed by atoms with E-state index in [1.54, 1.807) is 0 Å². The van der Waals surface area contributed by atoms with E-state index in [1.165, 1.54) is 96.2 Å². The smallest absolute Gasteiger partial charge is 0.180 e. The summed E-state index contributed by atoms with van der Waals surface area (Å²) >= 11 is 0. The van der Waals surface area contributed by atoms with Crippen LogP contribution in [0.25, 0.3) is 66.1 Å². The zero-order valence-electron chi connectivity index (χ0n) is 41.9. The summed E-state index contributed by atoms with van der Waals surface area (Å²) < 4.78 is 5.04. The lowest BCUT2D eigenvalue weighted by atomic mass is 10.1. The minimum atomic E-state index is -3.02. The van der Waals surface area contributed by atoms with E-state index >= 15 is 0 Å². The molecule has 2 heterocycles. The van der Waals surface area contributed by atoms with Crippen LogP contribution in [0.1, 0.15) is 0 Å². The fourth-order valence-corrected chi connectivity index (χ4v) is 22.6. The molecule has 2 aromatic heterocycles. The van der Waals surface area contributed by atoms with E-state index in [4.69, 9.17) is 0 Å². The number of fused-ring (bicyclic) bond motifs is 6. The quantitative estimate of drug-likeness (QED) is 0.0903. The molecule has 0 bridgehead atoms. The van der Waals surface area contributed by atoms with Crippen molar-refractivity contribution in [3.05, 3.63) is 315 Å². The number of para-hydroxylation sites is 2. The van der Waals surface area contributed by atoms with Gasteiger partial charge in [0.1, 0.15) is 0 Å². The van der Waals surface area contributed by atoms with Crippen molar-refractivity contribution in [3.63, 3.8) is 0 Å². The first-order valence-corrected chi connectivity index (χ1v) is 30.3. The van der Waals surface area contributed by atoms with Crippen molar-refractivity contribution in [2.75, 3.05) is 0 Å². The molecule has 0 amide bonds. The molecule has 76 heavy (non-hydrogen) atoms. The fourth-order valence-electron chi connectivity index (χ4n) is 12.8. The Bertz CT molecular complexity index is 4230. The zero-order valence-corrected chi connectivity index (χ0v) is 43.9. The van der Waals surface area contributed by atoms with Gasteiger partial charge in [0.25, 0.3) is 0 Å². The molecule has 0 spiro atoms. The van der Waals surface area contributed by atoms with Crippen molar-refractivity contribution < 1.29 is 0 Å². The van der Waals surface area contributed by atoms with Gasteiger partial charge >= 0.3 is 0 Å². The van der Waals surface area contributed by atoms with Crippen LogP contribution in [0, 0.1) is 0 Å². The summed E-state index contributed by atoms with van der Waals surface area (Å²) in [6.45, 7) is 0. The highest BCUT2D eigenvalue weighted by atomic mass is 28.3. The van der Waals surface area contributed by atoms with E-state index in [1.807, 2.05) is 0 Å². The third kappa shape index (κ3) is 7.14. The van der Waals surface area contributed by atoms with Gasteiger partial charge in [0.15, 0.2) is 16.1 Å². The molecular formula is C72H52N2Si2. The molecule has 0 fully saturated rings. The number of hydrogen-bond acceptors (Lipinski definition) is 0. The molecule has 0 aliphatic heterocycles. The molecular weight excluding hydrogens is 949 g/mol. The first-order chi connectivity index (χ1) is 37.7. The van der Waals surface area contributed by atoms with Gasteiger partial charge in [-0.3, -0.25) is 0 Å². The van der Waals surface area contributed by atoms with Crippen molar-refractivity contribution in [3.8, 4) is 22.5 Å². The van der Waals surface area contributed by atoms with Crippen molar-refractivity contribution in [2.24, 2.45) is 0 Å². The summed E-state index contributed by atoms with van der Waals surface area (Å²) in [5, 5.41) is 15.8. The van der Waals surface area contributed by atoms with Crippen LogP contribution in [-0.4, -0.2) is 25.3 Å². The van der Waals surface area contributed by atoms with Gasteiger partial charge in [0, 0.05) is 32.9 Å². The van der Waals surface area contributed by atoms with Crippen LogP contribution in [0.4, 0.5) is 0 Å². The lowest BCUT2D eigenvalue weighted by Crippen LogP contribution is -2.74. The summed E-state index contributed by atoms with van der Waals surface area (Å²) in [5.41, 5.74) is 9.42. The van der Waals surface area contributed by atoms with Crippen molar-refractivity contribution >= 4 is 101 Å². The Morgan fingerprint density at radius 3 is 1.16 bits per heavy atom. The highest BCUT2D eigenvalue weighted by Gasteiger charge is 2.44. The van der Waals surface area contributed by atoms with Gasteiger partial charge in [-0.05, 0) is 95.1 Å². The Morgan fingerprint density at radius 2 is 0.592 bits per heavy atom. The van der Waals surface area contributed by atoms with E-state index in [-0.39, 0.29) is 0 Å². The topological polar surface area (TPSA) is 9.86 Å². The summed E-state index contributed by atoms with van der Waals surface area (Å²) in [7, 11) is -5.84. The third-order valence-corrected chi connectivity index (χ3v) is 25.6. The zero-order chi connectivity index (χ0) is 50.5. The third-order valence-electron chi connectivity index (χ3n) is 16.0. The predicted octanol–water partition coefficient (Wildman–Crippen LogP) is 12.3. The fraction of sp³-hybridized carbons (Fsp3) is 0. The monoisotopic (exact) mass is 1000 g/mol. The van der Waals surface area contributed by atoms with E-state index in [2.05, 4.69) is 325 Å². The molecule has 0 unspecified atom stereocenters. The predicted molar refractivity (Wildman–Crippen MR) is 328 cm³/mol. The summed E-state index contributed by atoms with van der Waals surface area (Å²) in [6, 6.07) is 118. The Hall–Kier alpha value is -9.33. The molecule has 0 saturated carbocycles. The van der Waals surface area contributed by atoms with Gasteiger partial charge in [0.05, 0.1) is 22.1 Å². The van der Waals surface area contributed by atoms with Crippen molar-refractivity contribution in [1.29, 1.82) is 0 Å². The second kappa shape index (κ2) is 18.9. The molecule has 0 aliphatic carbocycles. The summed E-state index contributed by atoms with van der Waals surface area (Å²) in [6.07, 6.45) is 0. The maximum Gasteiger partial charge on any atom is 0.180 e. The van der Waals surface area contributed by atoms with Crippen LogP contribution in [-0.2, 0) is 0 Å². The van der Waals surface area contributed by atoms with Crippen LogP contribution in [0.3, 0.4) is 0 Å². The van der Waals surface area contributed by atoms with Crippen LogP contribution in [0.15, 0.2) is 315 Å². The molecule has 0 aliphatic rings. The second-order valence-corrected chi connectivity index (χ2v) is 27.5. The molecule has 0 radical (unpaired) electrons. The van der Waals surface area contributed by atoms with Gasteiger partial charge in [-0.1, -0.05) is 273 Å². The highest BCUT2D eigenvalue weighted by molar-refractivity contribution is 7.21. The van der Waals surface area contributed by atoms with E-state index in [9.17, 15) is 0 Å². The number of nitrogens with zero attached hydrogens (tertiary/aromatic N) is 2. The maximum absolute atomic E-state index is 3.02. The average molecular weight is 1000 g/mol. The molecule has 0 saturated heterocycles. The molecule has 14 rings (SSSR count). The Morgan fingerprint density at radius 1 is 0.211 bits per heavy atom. The largest absolute Gasteiger partial charge is 0.309 e. The summed E-state index contributed by atoms with van der Waals surface area (Å²) in [5.74, 6) is 0. The molecule has 358 valence electrons. The van der Waals surface area contributed by atoms with Gasteiger partial charge in [-0.25, -0.2) is 0 Å². The number of aromatic nitrogens is 2. The molecule has 2 nitrogen and oxygen atoms in total. The minimum absolute atomic E-state index is 1.12. The van der Waals surface area contributed by atoms with Crippen molar-refractivity contribution in [2.45, 2.75) is 0 Å². The molecule has 4 heteroatoms. The molecule has 12 aromatic carbocycles. The van der Waals surface area contributed by atoms with Gasteiger partial charge in [-0.2, -0.15) is 0 Å². The molecule has 14 aromatic rings. The SMILES string of the molecule is c1ccc(-c2ccc([Si](c3ccccc3)(c3ccccc3)c3cccc4c3c3ccccc3n4-c3ccc4c5ccccc5n(-c5cccc([Si](c6ccccc6)(c6ccccc6)c6ccccc6)c5)c4c3)cc2)cc1. The van der Waals surface area contributed by atoms with Gasteiger partial charge < -0.3 is 9.13 Å². The normalized spacial score (nSPS) is 11.9. The lowest BCUT2D eigenvalue weighted by molar-refractivity contribution is 1.16. The highest BCUT2D eigenvalue weighted by Crippen LogP contribution is 2.37. The minimum Gasteiger partial charge on any atom is -0.309 e. The Kier molecular flexibility index (Phi) is 11.2. The van der Waals surface area contributed by atoms with Crippen molar-refractivity contribution in [1.82, 2.24) is 9.13 Å². The van der Waals surface area contributed by atoms with E-state index < -0.39 is 16.1 Å². The van der Waals surface area contributed by atoms with Crippen LogP contribution < -0.4 is 41.5 Å². The van der Waals surface area contributed by atoms with Crippen LogP contribution in [0.2, 0.25) is 0 Å². The Labute approximate surface area is 445 Å². The molecule has 0 N–H and O–H groups in total. The van der Waals surface area contributed by atoms with Gasteiger partial charge in [0.2, 0.25) is 0 Å². The number of hydrogen-bond donors (Lipinski definition) is 0. The number of rotatable bonds is 11. The average Bonchev–Trinajstić information content (AvgIpc) is 4.14. The summed E-state index contributed by atoms with van der Waals surface area (Å²) in [4.78, 5) is 0. The standard InChI is InChI=1S/C72H52N2Si2/c1-7-25-53(26-8-1)54-45-48-62(49-46-54)76(60-34-15-5-16-35-60,61-36-17-6-18-37-61)71-44-24-43-69-72(71)66-40-20-22-42-68(66)73(69)56-47-50-65-64-39-19-21-41-67(64)74(70(65)52-56)55-27-23-38-63(51-55)75(57-28-9-2-10-29-57,58-30-11-3-12-31-58)59-32-13-4-14-33-59/h1-52H. The lowest BCUT2D eigenvalue weighted by Gasteiger charge is -2.35. The van der Waals surface area contributed by atoms with Crippen LogP contribution in [0.5, 0.6) is 0 Å².